The molecule has 1 saturated heterocycles. The van der Waals surface area contributed by atoms with Crippen LogP contribution < -0.4 is 0 Å². The topological polar surface area (TPSA) is 204 Å². The number of likely N-dealkylation sites (N-methyl/N-ethyl adjacent to an activating group) is 4. The number of carbonyl (C=O) groups is 8. The van der Waals surface area contributed by atoms with E-state index in [0.29, 0.717) is 23.6 Å². The van der Waals surface area contributed by atoms with Crippen LogP contribution in [0.1, 0.15) is 149 Å². The molecule has 4 amide bonds. The highest BCUT2D eigenvalue weighted by Gasteiger charge is 2.43. The first-order valence-corrected chi connectivity index (χ1v) is 28.3. The second-order valence-corrected chi connectivity index (χ2v) is 23.6. The Balaban J connectivity index is 1.57. The van der Waals surface area contributed by atoms with E-state index in [1.54, 1.807) is 30.3 Å². The zero-order valence-electron chi connectivity index (χ0n) is 49.2. The summed E-state index contributed by atoms with van der Waals surface area (Å²) in [7, 11) is 5.60. The fourth-order valence-corrected chi connectivity index (χ4v) is 10.4. The monoisotopic (exact) mass is 1100 g/mol. The molecule has 0 spiro atoms. The van der Waals surface area contributed by atoms with Gasteiger partial charge in [0.25, 0.3) is 23.6 Å². The molecule has 1 aliphatic carbocycles. The van der Waals surface area contributed by atoms with Crippen LogP contribution in [0.5, 0.6) is 0 Å². The highest BCUT2D eigenvalue weighted by atomic mass is 16.6. The van der Waals surface area contributed by atoms with Gasteiger partial charge in [-0.1, -0.05) is 123 Å². The van der Waals surface area contributed by atoms with Crippen molar-refractivity contribution < 1.29 is 57.3 Å². The van der Waals surface area contributed by atoms with Gasteiger partial charge in [-0.3, -0.25) is 23.9 Å². The van der Waals surface area contributed by atoms with Crippen molar-refractivity contribution in [1.29, 1.82) is 0 Å². The Hall–Kier alpha value is -6.59. The molecule has 3 aromatic rings. The normalized spacial score (nSPS) is 24.6. The molecule has 18 heteroatoms. The molecule has 0 bridgehead atoms. The molecule has 79 heavy (non-hydrogen) atoms. The lowest BCUT2D eigenvalue weighted by Crippen LogP contribution is -2.55. The van der Waals surface area contributed by atoms with Crippen LogP contribution in [0.15, 0.2) is 67.0 Å². The quantitative estimate of drug-likeness (QED) is 0.107. The Labute approximate surface area is 468 Å². The molecular weight excluding hydrogens is 1010 g/mol. The summed E-state index contributed by atoms with van der Waals surface area (Å²) in [5, 5.41) is 4.61. The fourth-order valence-electron chi connectivity index (χ4n) is 10.4. The van der Waals surface area contributed by atoms with Gasteiger partial charge >= 0.3 is 23.9 Å². The highest BCUT2D eigenvalue weighted by molar-refractivity contribution is 5.94. The predicted octanol–water partition coefficient (Wildman–Crippen LogP) is 7.57. The lowest BCUT2D eigenvalue weighted by Gasteiger charge is -2.35. The summed E-state index contributed by atoms with van der Waals surface area (Å²) in [6.45, 7) is 18.1. The number of nitrogens with zero attached hydrogens (tertiary/aromatic N) is 6. The Bertz CT molecular complexity index is 2520. The Morgan fingerprint density at radius 2 is 0.810 bits per heavy atom. The minimum Gasteiger partial charge on any atom is -0.451 e. The first-order valence-electron chi connectivity index (χ1n) is 28.3. The SMILES string of the molecule is CC(C)C[C@H]1C(=O)O[C@H](Cc2ccc(Cn3cc(C4CCCC4)cn3)cc2)C(=O)N(C)[C@@H](CC(C)C)C(=O)O[C@H](C)C(=O)N(C)[C@@H](CC(C)C)C(=O)O[C@H](Cc2ccccc2)C(=O)N(C)[C@@H](CC(C)C)C(=O)O[C@H](C)C(=O)N1C. The fraction of sp³-hybridized carbons (Fsp3) is 0.623. The third-order valence-corrected chi connectivity index (χ3v) is 15.0. The second kappa shape index (κ2) is 29.0. The van der Waals surface area contributed by atoms with E-state index in [4.69, 9.17) is 18.9 Å². The molecule has 434 valence electrons. The van der Waals surface area contributed by atoms with Gasteiger partial charge in [0.05, 0.1) is 12.7 Å². The third-order valence-electron chi connectivity index (χ3n) is 15.0. The zero-order chi connectivity index (χ0) is 58.4. The molecular formula is C61H88N6O12. The second-order valence-electron chi connectivity index (χ2n) is 23.6. The van der Waals surface area contributed by atoms with Crippen molar-refractivity contribution in [2.24, 2.45) is 23.7 Å². The van der Waals surface area contributed by atoms with Gasteiger partial charge in [-0.25, -0.2) is 19.2 Å². The van der Waals surface area contributed by atoms with E-state index in [-0.39, 0.29) is 62.2 Å². The van der Waals surface area contributed by atoms with E-state index in [0.717, 1.165) is 33.1 Å². The molecule has 2 aliphatic rings. The van der Waals surface area contributed by atoms with Crippen LogP contribution in [0.3, 0.4) is 0 Å². The van der Waals surface area contributed by atoms with Gasteiger partial charge in [0, 0.05) is 47.2 Å². The van der Waals surface area contributed by atoms with Crippen LogP contribution in [0.4, 0.5) is 0 Å². The average Bonchev–Trinajstić information content (AvgIpc) is 4.12. The van der Waals surface area contributed by atoms with E-state index in [1.165, 1.54) is 65.3 Å². The van der Waals surface area contributed by atoms with Gasteiger partial charge in [0.15, 0.2) is 24.4 Å². The van der Waals surface area contributed by atoms with Crippen molar-refractivity contribution in [2.75, 3.05) is 28.2 Å². The number of benzene rings is 2. The minimum absolute atomic E-state index is 0.0867. The molecule has 8 atom stereocenters. The summed E-state index contributed by atoms with van der Waals surface area (Å²) in [6, 6.07) is 11.3. The Kier molecular flexibility index (Phi) is 23.2. The number of carbonyl (C=O) groups excluding carboxylic acids is 8. The van der Waals surface area contributed by atoms with Crippen LogP contribution in [0.25, 0.3) is 0 Å². The van der Waals surface area contributed by atoms with Crippen molar-refractivity contribution in [3.63, 3.8) is 0 Å². The summed E-state index contributed by atoms with van der Waals surface area (Å²) in [5.41, 5.74) is 3.47. The molecule has 0 N–H and O–H groups in total. The van der Waals surface area contributed by atoms with Gasteiger partial charge in [-0.05, 0) is 104 Å². The number of ether oxygens (including phenoxy) is 4. The number of aromatic nitrogens is 2. The summed E-state index contributed by atoms with van der Waals surface area (Å²) < 4.78 is 26.0. The lowest BCUT2D eigenvalue weighted by atomic mass is 9.99. The van der Waals surface area contributed by atoms with E-state index in [1.807, 2.05) is 90.5 Å². The average molecular weight is 1100 g/mol. The third kappa shape index (κ3) is 17.7. The van der Waals surface area contributed by atoms with E-state index in [9.17, 15) is 33.6 Å². The van der Waals surface area contributed by atoms with Crippen molar-refractivity contribution in [3.05, 3.63) is 89.2 Å². The Morgan fingerprint density at radius 1 is 0.468 bits per heavy atom. The number of rotatable bonds is 15. The van der Waals surface area contributed by atoms with E-state index in [2.05, 4.69) is 11.3 Å². The van der Waals surface area contributed by atoms with Crippen LogP contribution in [-0.4, -0.2) is 154 Å². The van der Waals surface area contributed by atoms with Crippen molar-refractivity contribution in [2.45, 2.75) is 194 Å². The van der Waals surface area contributed by atoms with E-state index >= 15 is 4.79 Å². The summed E-state index contributed by atoms with van der Waals surface area (Å²) in [4.78, 5) is 121. The number of amides is 4. The molecule has 0 unspecified atom stereocenters. The van der Waals surface area contributed by atoms with Gasteiger partial charge in [0.1, 0.15) is 24.2 Å². The standard InChI is InChI=1S/C61H88N6O12/c1-37(2)28-48-58(72)76-42(10)55(69)64(12)51(31-40(7)8)61(75)79-53(33-44-24-26-45(27-25-44)35-67-36-47(34-62-67)46-22-18-19-23-46)57(71)66(14)49(29-38(3)4)59(73)77-41(9)54(68)63(11)50(30-39(5)6)60(74)78-52(56(70)65(48)13)32-43-20-16-15-17-21-43/h15-17,20-21,24-27,34,36-42,46,48-53H,18-19,22-23,28-33,35H2,1-14H3/t41-,42-,48+,49+,50+,51+,52-,53-/m1/s1. The number of hydrogen-bond acceptors (Lipinski definition) is 13. The first-order chi connectivity index (χ1) is 37.2. The van der Waals surface area contributed by atoms with Gasteiger partial charge in [0.2, 0.25) is 0 Å². The molecule has 1 saturated carbocycles. The maximum absolute atomic E-state index is 15.0. The molecule has 2 aromatic carbocycles. The molecule has 2 fully saturated rings. The molecule has 5 rings (SSSR count). The van der Waals surface area contributed by atoms with Gasteiger partial charge < -0.3 is 38.5 Å². The van der Waals surface area contributed by atoms with Crippen molar-refractivity contribution in [1.82, 2.24) is 29.4 Å². The summed E-state index contributed by atoms with van der Waals surface area (Å²) in [6.07, 6.45) is 3.04. The van der Waals surface area contributed by atoms with E-state index < -0.39 is 96.1 Å². The summed E-state index contributed by atoms with van der Waals surface area (Å²) >= 11 is 0. The van der Waals surface area contributed by atoms with Crippen molar-refractivity contribution in [3.8, 4) is 0 Å². The van der Waals surface area contributed by atoms with Crippen LogP contribution >= 0.6 is 0 Å². The highest BCUT2D eigenvalue weighted by Crippen LogP contribution is 2.34. The lowest BCUT2D eigenvalue weighted by molar-refractivity contribution is -0.176. The number of hydrogen-bond donors (Lipinski definition) is 0. The maximum Gasteiger partial charge on any atom is 0.329 e. The zero-order valence-corrected chi connectivity index (χ0v) is 49.2. The Morgan fingerprint density at radius 3 is 1.19 bits per heavy atom. The molecule has 2 heterocycles. The largest absolute Gasteiger partial charge is 0.451 e. The smallest absolute Gasteiger partial charge is 0.329 e. The minimum atomic E-state index is -1.52. The molecule has 18 nitrogen and oxygen atoms in total. The number of cyclic esters (lactones) is 4. The van der Waals surface area contributed by atoms with Gasteiger partial charge in [-0.15, -0.1) is 0 Å². The summed E-state index contributed by atoms with van der Waals surface area (Å²) in [5.74, 6) is -6.71. The van der Waals surface area contributed by atoms with Gasteiger partial charge in [-0.2, -0.15) is 5.10 Å². The van der Waals surface area contributed by atoms with Crippen molar-refractivity contribution >= 4 is 47.5 Å². The van der Waals surface area contributed by atoms with Crippen LogP contribution in [-0.2, 0) is 76.7 Å². The number of esters is 4. The molecule has 1 aromatic heterocycles. The molecule has 1 aliphatic heterocycles. The first kappa shape index (κ1) is 63.2. The predicted molar refractivity (Wildman–Crippen MR) is 298 cm³/mol. The van der Waals surface area contributed by atoms with Crippen LogP contribution in [0.2, 0.25) is 0 Å². The molecule has 0 radical (unpaired) electrons. The van der Waals surface area contributed by atoms with Crippen LogP contribution in [0, 0.1) is 23.7 Å². The maximum atomic E-state index is 15.0.